The van der Waals surface area contributed by atoms with Crippen molar-refractivity contribution in [2.45, 2.75) is 32.6 Å². The average molecular weight is 242 g/mol. The Balaban J connectivity index is 2.46. The molecule has 2 aromatic rings. The van der Waals surface area contributed by atoms with Crippen LogP contribution in [0, 0.1) is 0 Å². The molecular formula is C16H18O2. The molecule has 1 N–H and O–H groups in total. The molecule has 18 heavy (non-hydrogen) atoms. The van der Waals surface area contributed by atoms with E-state index < -0.39 is 5.97 Å². The van der Waals surface area contributed by atoms with Crippen LogP contribution in [-0.4, -0.2) is 11.1 Å². The molecule has 0 unspecified atom stereocenters. The maximum atomic E-state index is 11.5. The van der Waals surface area contributed by atoms with Crippen molar-refractivity contribution in [1.29, 1.82) is 0 Å². The number of carboxylic acids is 1. The van der Waals surface area contributed by atoms with Gasteiger partial charge in [0.25, 0.3) is 0 Å². The molecule has 0 spiro atoms. The van der Waals surface area contributed by atoms with Gasteiger partial charge in [0, 0.05) is 0 Å². The minimum absolute atomic E-state index is 0.476. The van der Waals surface area contributed by atoms with Crippen LogP contribution in [0.2, 0.25) is 0 Å². The Morgan fingerprint density at radius 1 is 1.11 bits per heavy atom. The van der Waals surface area contributed by atoms with E-state index in [0.29, 0.717) is 5.56 Å². The van der Waals surface area contributed by atoms with Gasteiger partial charge in [-0.2, -0.15) is 0 Å². The van der Waals surface area contributed by atoms with Crippen LogP contribution in [-0.2, 0) is 6.42 Å². The molecule has 0 aromatic heterocycles. The second-order valence-electron chi connectivity index (χ2n) is 4.58. The lowest BCUT2D eigenvalue weighted by Gasteiger charge is -2.09. The minimum Gasteiger partial charge on any atom is -0.478 e. The van der Waals surface area contributed by atoms with Crippen LogP contribution in [0.4, 0.5) is 0 Å². The van der Waals surface area contributed by atoms with E-state index in [1.165, 1.54) is 0 Å². The van der Waals surface area contributed by atoms with Crippen molar-refractivity contribution >= 4 is 16.7 Å². The van der Waals surface area contributed by atoms with Gasteiger partial charge in [0.05, 0.1) is 5.56 Å². The van der Waals surface area contributed by atoms with Gasteiger partial charge in [0.15, 0.2) is 0 Å². The smallest absolute Gasteiger partial charge is 0.336 e. The number of unbranched alkanes of at least 4 members (excludes halogenated alkanes) is 2. The van der Waals surface area contributed by atoms with E-state index in [-0.39, 0.29) is 0 Å². The summed E-state index contributed by atoms with van der Waals surface area (Å²) >= 11 is 0. The van der Waals surface area contributed by atoms with Crippen LogP contribution in [0.1, 0.15) is 42.1 Å². The van der Waals surface area contributed by atoms with Crippen molar-refractivity contribution in [3.8, 4) is 0 Å². The van der Waals surface area contributed by atoms with Crippen LogP contribution < -0.4 is 0 Å². The molecule has 2 nitrogen and oxygen atoms in total. The second-order valence-corrected chi connectivity index (χ2v) is 4.58. The lowest BCUT2D eigenvalue weighted by Crippen LogP contribution is -2.03. The molecule has 0 atom stereocenters. The summed E-state index contributed by atoms with van der Waals surface area (Å²) in [7, 11) is 0. The van der Waals surface area contributed by atoms with Crippen LogP contribution in [0.25, 0.3) is 10.8 Å². The molecule has 2 aromatic carbocycles. The number of aryl methyl sites for hydroxylation is 1. The topological polar surface area (TPSA) is 37.3 Å². The highest BCUT2D eigenvalue weighted by Crippen LogP contribution is 2.24. The van der Waals surface area contributed by atoms with Crippen LogP contribution >= 0.6 is 0 Å². The van der Waals surface area contributed by atoms with E-state index in [2.05, 4.69) is 6.92 Å². The van der Waals surface area contributed by atoms with E-state index in [0.717, 1.165) is 42.0 Å². The van der Waals surface area contributed by atoms with E-state index >= 15 is 0 Å². The molecule has 0 bridgehead atoms. The second kappa shape index (κ2) is 5.67. The Kier molecular flexibility index (Phi) is 3.98. The SMILES string of the molecule is CCCCCc1ccc2ccccc2c1C(=O)O. The summed E-state index contributed by atoms with van der Waals surface area (Å²) in [6.45, 7) is 2.15. The molecule has 2 heteroatoms. The van der Waals surface area contributed by atoms with Crippen molar-refractivity contribution in [2.24, 2.45) is 0 Å². The summed E-state index contributed by atoms with van der Waals surface area (Å²) < 4.78 is 0. The van der Waals surface area contributed by atoms with E-state index in [9.17, 15) is 9.90 Å². The zero-order valence-corrected chi connectivity index (χ0v) is 10.6. The molecule has 0 saturated heterocycles. The number of carbonyl (C=O) groups is 1. The average Bonchev–Trinajstić information content (AvgIpc) is 2.38. The van der Waals surface area contributed by atoms with Crippen molar-refractivity contribution < 1.29 is 9.90 Å². The van der Waals surface area contributed by atoms with Crippen LogP contribution in [0.15, 0.2) is 36.4 Å². The monoisotopic (exact) mass is 242 g/mol. The summed E-state index contributed by atoms with van der Waals surface area (Å²) in [5, 5.41) is 11.3. The summed E-state index contributed by atoms with van der Waals surface area (Å²) in [4.78, 5) is 11.5. The third-order valence-electron chi connectivity index (χ3n) is 3.28. The van der Waals surface area contributed by atoms with Gasteiger partial charge in [0.1, 0.15) is 0 Å². The summed E-state index contributed by atoms with van der Waals surface area (Å²) in [6, 6.07) is 11.7. The Hall–Kier alpha value is -1.83. The predicted molar refractivity (Wildman–Crippen MR) is 74.1 cm³/mol. The number of fused-ring (bicyclic) bond motifs is 1. The predicted octanol–water partition coefficient (Wildman–Crippen LogP) is 4.27. The third kappa shape index (κ3) is 2.53. The quantitative estimate of drug-likeness (QED) is 0.795. The van der Waals surface area contributed by atoms with Gasteiger partial charge >= 0.3 is 5.97 Å². The highest BCUT2D eigenvalue weighted by Gasteiger charge is 2.13. The zero-order chi connectivity index (χ0) is 13.0. The molecule has 0 saturated carbocycles. The fourth-order valence-corrected chi connectivity index (χ4v) is 2.34. The molecule has 0 radical (unpaired) electrons. The Labute approximate surface area is 107 Å². The van der Waals surface area contributed by atoms with Crippen molar-refractivity contribution in [1.82, 2.24) is 0 Å². The van der Waals surface area contributed by atoms with E-state index in [4.69, 9.17) is 0 Å². The number of benzene rings is 2. The first kappa shape index (κ1) is 12.6. The maximum Gasteiger partial charge on any atom is 0.336 e. The molecule has 0 aliphatic carbocycles. The van der Waals surface area contributed by atoms with E-state index in [1.807, 2.05) is 36.4 Å². The maximum absolute atomic E-state index is 11.5. The highest BCUT2D eigenvalue weighted by molar-refractivity contribution is 6.05. The normalized spacial score (nSPS) is 10.7. The third-order valence-corrected chi connectivity index (χ3v) is 3.28. The van der Waals surface area contributed by atoms with Gasteiger partial charge in [-0.05, 0) is 29.2 Å². The number of aromatic carboxylic acids is 1. The largest absolute Gasteiger partial charge is 0.478 e. The van der Waals surface area contributed by atoms with E-state index in [1.54, 1.807) is 0 Å². The lowest BCUT2D eigenvalue weighted by atomic mass is 9.95. The Bertz CT molecular complexity index is 558. The summed E-state index contributed by atoms with van der Waals surface area (Å²) in [5.74, 6) is -0.821. The molecule has 94 valence electrons. The zero-order valence-electron chi connectivity index (χ0n) is 10.6. The van der Waals surface area contributed by atoms with Crippen molar-refractivity contribution in [2.75, 3.05) is 0 Å². The Morgan fingerprint density at radius 3 is 2.61 bits per heavy atom. The molecule has 0 aliphatic heterocycles. The summed E-state index contributed by atoms with van der Waals surface area (Å²) in [6.07, 6.45) is 4.19. The van der Waals surface area contributed by atoms with Crippen molar-refractivity contribution in [3.05, 3.63) is 47.5 Å². The van der Waals surface area contributed by atoms with Gasteiger partial charge in [-0.15, -0.1) is 0 Å². The van der Waals surface area contributed by atoms with Gasteiger partial charge in [-0.25, -0.2) is 4.79 Å². The molecular weight excluding hydrogens is 224 g/mol. The number of hydrogen-bond acceptors (Lipinski definition) is 1. The number of hydrogen-bond donors (Lipinski definition) is 1. The van der Waals surface area contributed by atoms with Gasteiger partial charge in [-0.3, -0.25) is 0 Å². The lowest BCUT2D eigenvalue weighted by molar-refractivity contribution is 0.0698. The molecule has 0 aliphatic rings. The fourth-order valence-electron chi connectivity index (χ4n) is 2.34. The van der Waals surface area contributed by atoms with Gasteiger partial charge < -0.3 is 5.11 Å². The number of carboxylic acid groups (broad SMARTS) is 1. The van der Waals surface area contributed by atoms with Crippen LogP contribution in [0.5, 0.6) is 0 Å². The first-order valence-electron chi connectivity index (χ1n) is 6.48. The minimum atomic E-state index is -0.821. The van der Waals surface area contributed by atoms with Crippen LogP contribution in [0.3, 0.4) is 0 Å². The fraction of sp³-hybridized carbons (Fsp3) is 0.312. The standard InChI is InChI=1S/C16H18O2/c1-2-3-4-8-13-11-10-12-7-5-6-9-14(12)15(13)16(17)18/h5-7,9-11H,2-4,8H2,1H3,(H,17,18). The summed E-state index contributed by atoms with van der Waals surface area (Å²) in [5.41, 5.74) is 1.43. The molecule has 0 heterocycles. The number of rotatable bonds is 5. The first-order valence-corrected chi connectivity index (χ1v) is 6.48. The highest BCUT2D eigenvalue weighted by atomic mass is 16.4. The van der Waals surface area contributed by atoms with Gasteiger partial charge in [-0.1, -0.05) is 56.2 Å². The molecule has 0 amide bonds. The Morgan fingerprint density at radius 2 is 1.89 bits per heavy atom. The first-order chi connectivity index (χ1) is 8.74. The van der Waals surface area contributed by atoms with Crippen molar-refractivity contribution in [3.63, 3.8) is 0 Å². The van der Waals surface area contributed by atoms with Gasteiger partial charge in [0.2, 0.25) is 0 Å². The molecule has 0 fully saturated rings. The molecule has 2 rings (SSSR count).